The normalized spacial score (nSPS) is 10.6. The zero-order valence-corrected chi connectivity index (χ0v) is 12.8. The van der Waals surface area contributed by atoms with Crippen molar-refractivity contribution in [3.8, 4) is 0 Å². The van der Waals surface area contributed by atoms with Gasteiger partial charge in [0.05, 0.1) is 5.56 Å². The molecule has 0 atom stereocenters. The molecule has 0 amide bonds. The lowest BCUT2D eigenvalue weighted by Gasteiger charge is -2.10. The van der Waals surface area contributed by atoms with Crippen molar-refractivity contribution in [2.75, 3.05) is 0 Å². The molecule has 0 aliphatic carbocycles. The second kappa shape index (κ2) is 5.58. The van der Waals surface area contributed by atoms with Crippen LogP contribution in [0.2, 0.25) is 0 Å². The molecule has 6 heteroatoms. The highest BCUT2D eigenvalue weighted by Gasteiger charge is 2.14. The minimum atomic E-state index is 0.0126. The van der Waals surface area contributed by atoms with Gasteiger partial charge >= 0.3 is 0 Å². The van der Waals surface area contributed by atoms with E-state index in [-0.39, 0.29) is 5.84 Å². The van der Waals surface area contributed by atoms with Crippen molar-refractivity contribution in [1.82, 2.24) is 15.0 Å². The van der Waals surface area contributed by atoms with Gasteiger partial charge in [0.2, 0.25) is 0 Å². The Kier molecular flexibility index (Phi) is 4.04. The number of hydrogen-bond donors (Lipinski definition) is 2. The second-order valence-corrected chi connectivity index (χ2v) is 5.58. The average Bonchev–Trinajstić information content (AvgIpc) is 2.35. The van der Waals surface area contributed by atoms with Crippen LogP contribution >= 0.6 is 11.8 Å². The topological polar surface area (TPSA) is 88.5 Å². The fourth-order valence-electron chi connectivity index (χ4n) is 1.81. The van der Waals surface area contributed by atoms with E-state index in [1.165, 1.54) is 11.8 Å². The van der Waals surface area contributed by atoms with Gasteiger partial charge in [-0.2, -0.15) is 0 Å². The fourth-order valence-corrected chi connectivity index (χ4v) is 2.84. The van der Waals surface area contributed by atoms with E-state index in [1.807, 2.05) is 33.8 Å². The molecule has 0 aliphatic rings. The van der Waals surface area contributed by atoms with E-state index >= 15 is 0 Å². The van der Waals surface area contributed by atoms with E-state index in [4.69, 9.17) is 11.1 Å². The summed E-state index contributed by atoms with van der Waals surface area (Å²) in [6.07, 6.45) is 1.71. The maximum Gasteiger partial charge on any atom is 0.194 e. The molecule has 5 nitrogen and oxygen atoms in total. The maximum atomic E-state index is 7.69. The Morgan fingerprint density at radius 2 is 1.75 bits per heavy atom. The van der Waals surface area contributed by atoms with Crippen LogP contribution in [0.3, 0.4) is 0 Å². The van der Waals surface area contributed by atoms with Crippen LogP contribution < -0.4 is 5.73 Å². The molecule has 0 saturated carbocycles. The van der Waals surface area contributed by atoms with Gasteiger partial charge in [-0.25, -0.2) is 15.0 Å². The van der Waals surface area contributed by atoms with Gasteiger partial charge in [-0.1, -0.05) is 0 Å². The summed E-state index contributed by atoms with van der Waals surface area (Å²) >= 11 is 1.34. The summed E-state index contributed by atoms with van der Waals surface area (Å²) in [6.45, 7) is 7.84. The largest absolute Gasteiger partial charge is 0.384 e. The summed E-state index contributed by atoms with van der Waals surface area (Å²) in [7, 11) is 0. The first-order chi connectivity index (χ1) is 9.40. The molecule has 0 saturated heterocycles. The lowest BCUT2D eigenvalue weighted by atomic mass is 10.1. The molecule has 2 rings (SSSR count). The van der Waals surface area contributed by atoms with E-state index in [9.17, 15) is 0 Å². The first-order valence-electron chi connectivity index (χ1n) is 6.20. The number of nitrogen functional groups attached to an aromatic ring is 1. The highest BCUT2D eigenvalue weighted by Crippen LogP contribution is 2.28. The van der Waals surface area contributed by atoms with Gasteiger partial charge in [0.15, 0.2) is 5.16 Å². The minimum absolute atomic E-state index is 0.0126. The van der Waals surface area contributed by atoms with Gasteiger partial charge in [0, 0.05) is 17.6 Å². The van der Waals surface area contributed by atoms with E-state index < -0.39 is 0 Å². The quantitative estimate of drug-likeness (QED) is 0.514. The van der Waals surface area contributed by atoms with Gasteiger partial charge in [-0.15, -0.1) is 0 Å². The van der Waals surface area contributed by atoms with Gasteiger partial charge < -0.3 is 5.73 Å². The van der Waals surface area contributed by atoms with Crippen molar-refractivity contribution < 1.29 is 0 Å². The smallest absolute Gasteiger partial charge is 0.194 e. The lowest BCUT2D eigenvalue weighted by Crippen LogP contribution is -2.15. The van der Waals surface area contributed by atoms with Gasteiger partial charge in [-0.05, 0) is 56.7 Å². The molecular weight excluding hydrogens is 270 g/mol. The molecule has 0 aromatic carbocycles. The van der Waals surface area contributed by atoms with Crippen molar-refractivity contribution in [2.24, 2.45) is 5.73 Å². The molecule has 2 heterocycles. The summed E-state index contributed by atoms with van der Waals surface area (Å²) in [4.78, 5) is 13.2. The van der Waals surface area contributed by atoms with Crippen molar-refractivity contribution in [3.63, 3.8) is 0 Å². The summed E-state index contributed by atoms with van der Waals surface area (Å²) in [5.41, 5.74) is 10.2. The molecule has 20 heavy (non-hydrogen) atoms. The Labute approximate surface area is 122 Å². The zero-order chi connectivity index (χ0) is 14.9. The molecule has 104 valence electrons. The SMILES string of the molecule is Cc1ccnc(Sc2nc(C)c(C)c(C)n2)c1C(=N)N. The zero-order valence-electron chi connectivity index (χ0n) is 12.0. The summed E-state index contributed by atoms with van der Waals surface area (Å²) < 4.78 is 0. The summed E-state index contributed by atoms with van der Waals surface area (Å²) in [5, 5.41) is 8.98. The Hall–Kier alpha value is -1.95. The molecular formula is C14H17N5S. The minimum Gasteiger partial charge on any atom is -0.384 e. The van der Waals surface area contributed by atoms with E-state index in [2.05, 4.69) is 15.0 Å². The standard InChI is InChI=1S/C14H17N5S/c1-7-5-6-17-13(11(7)12(15)16)20-14-18-9(3)8(2)10(4)19-14/h5-6H,1-4H3,(H3,15,16). The van der Waals surface area contributed by atoms with Crippen LogP contribution in [0.25, 0.3) is 0 Å². The van der Waals surface area contributed by atoms with Crippen LogP contribution in [-0.2, 0) is 0 Å². The van der Waals surface area contributed by atoms with Crippen molar-refractivity contribution >= 4 is 17.6 Å². The molecule has 0 radical (unpaired) electrons. The number of aromatic nitrogens is 3. The van der Waals surface area contributed by atoms with Gasteiger partial charge in [-0.3, -0.25) is 5.41 Å². The highest BCUT2D eigenvalue weighted by atomic mass is 32.2. The monoisotopic (exact) mass is 287 g/mol. The Balaban J connectivity index is 2.45. The number of nitrogens with one attached hydrogen (secondary N) is 1. The first-order valence-corrected chi connectivity index (χ1v) is 7.01. The number of pyridine rings is 1. The maximum absolute atomic E-state index is 7.69. The fraction of sp³-hybridized carbons (Fsp3) is 0.286. The van der Waals surface area contributed by atoms with Crippen molar-refractivity contribution in [1.29, 1.82) is 5.41 Å². The van der Waals surface area contributed by atoms with Gasteiger partial charge in [0.1, 0.15) is 10.9 Å². The second-order valence-electron chi connectivity index (χ2n) is 4.63. The molecule has 2 aromatic rings. The predicted molar refractivity (Wildman–Crippen MR) is 80.4 cm³/mol. The Morgan fingerprint density at radius 3 is 2.30 bits per heavy atom. The third-order valence-corrected chi connectivity index (χ3v) is 4.06. The molecule has 0 bridgehead atoms. The molecule has 2 aromatic heterocycles. The Morgan fingerprint density at radius 1 is 1.15 bits per heavy atom. The van der Waals surface area contributed by atoms with E-state index in [0.29, 0.717) is 15.7 Å². The van der Waals surface area contributed by atoms with Crippen molar-refractivity contribution in [2.45, 2.75) is 37.9 Å². The highest BCUT2D eigenvalue weighted by molar-refractivity contribution is 7.99. The van der Waals surface area contributed by atoms with Crippen LogP contribution in [0, 0.1) is 33.1 Å². The predicted octanol–water partition coefficient (Wildman–Crippen LogP) is 2.54. The number of aryl methyl sites for hydroxylation is 3. The number of nitrogens with two attached hydrogens (primary N) is 1. The summed E-state index contributed by atoms with van der Waals surface area (Å²) in [6, 6.07) is 1.84. The molecule has 0 fully saturated rings. The number of nitrogens with zero attached hydrogens (tertiary/aromatic N) is 3. The molecule has 0 unspecified atom stereocenters. The first kappa shape index (κ1) is 14.5. The Bertz CT molecular complexity index is 658. The van der Waals surface area contributed by atoms with Crippen LogP contribution in [-0.4, -0.2) is 20.8 Å². The van der Waals surface area contributed by atoms with Crippen LogP contribution in [0.5, 0.6) is 0 Å². The van der Waals surface area contributed by atoms with E-state index in [1.54, 1.807) is 6.20 Å². The van der Waals surface area contributed by atoms with Crippen LogP contribution in [0.15, 0.2) is 22.4 Å². The third-order valence-electron chi connectivity index (χ3n) is 3.19. The molecule has 0 spiro atoms. The molecule has 0 aliphatic heterocycles. The number of amidine groups is 1. The van der Waals surface area contributed by atoms with E-state index in [0.717, 1.165) is 22.5 Å². The average molecular weight is 287 g/mol. The van der Waals surface area contributed by atoms with Gasteiger partial charge in [0.25, 0.3) is 0 Å². The lowest BCUT2D eigenvalue weighted by molar-refractivity contribution is 0.877. The molecule has 3 N–H and O–H groups in total. The number of rotatable bonds is 3. The third kappa shape index (κ3) is 2.80. The number of hydrogen-bond acceptors (Lipinski definition) is 5. The van der Waals surface area contributed by atoms with Crippen molar-refractivity contribution in [3.05, 3.63) is 40.3 Å². The summed E-state index contributed by atoms with van der Waals surface area (Å²) in [5.74, 6) is 0.0126. The van der Waals surface area contributed by atoms with Crippen LogP contribution in [0.1, 0.15) is 28.1 Å². The van der Waals surface area contributed by atoms with Crippen LogP contribution in [0.4, 0.5) is 0 Å².